The highest BCUT2D eigenvalue weighted by Gasteiger charge is 2.26. The molecule has 1 heterocycles. The number of carbonyl (C=O) groups excluding carboxylic acids is 1. The fourth-order valence-electron chi connectivity index (χ4n) is 2.22. The van der Waals surface area contributed by atoms with Gasteiger partial charge in [-0.05, 0) is 59.1 Å². The van der Waals surface area contributed by atoms with E-state index < -0.39 is 5.97 Å². The maximum Gasteiger partial charge on any atom is 0.336 e. The topological polar surface area (TPSA) is 71.3 Å². The number of anilines is 1. The first-order chi connectivity index (χ1) is 10.1. The van der Waals surface area contributed by atoms with Crippen molar-refractivity contribution in [2.24, 2.45) is 0 Å². The summed E-state index contributed by atoms with van der Waals surface area (Å²) in [6.07, 6.45) is 4.09. The Morgan fingerprint density at radius 3 is 2.71 bits per heavy atom. The Morgan fingerprint density at radius 1 is 1.29 bits per heavy atom. The highest BCUT2D eigenvalue weighted by atomic mass is 79.9. The minimum atomic E-state index is -1.04. The molecule has 0 unspecified atom stereocenters. The fraction of sp³-hybridized carbons (Fsp3) is 0.200. The third-order valence-corrected chi connectivity index (χ3v) is 4.10. The molecule has 108 valence electrons. The molecule has 1 aromatic carbocycles. The molecule has 2 N–H and O–H groups in total. The van der Waals surface area contributed by atoms with Crippen LogP contribution in [0.1, 0.15) is 39.7 Å². The van der Waals surface area contributed by atoms with Crippen molar-refractivity contribution in [3.8, 4) is 0 Å². The highest BCUT2D eigenvalue weighted by Crippen LogP contribution is 2.36. The average molecular weight is 349 g/mol. The van der Waals surface area contributed by atoms with E-state index in [1.54, 1.807) is 18.2 Å². The van der Waals surface area contributed by atoms with Crippen molar-refractivity contribution < 1.29 is 14.7 Å². The van der Waals surface area contributed by atoms with Crippen molar-refractivity contribution in [1.29, 1.82) is 0 Å². The van der Waals surface area contributed by atoms with Crippen molar-refractivity contribution in [3.63, 3.8) is 0 Å². The third kappa shape index (κ3) is 2.85. The van der Waals surface area contributed by atoms with Crippen LogP contribution in [0.15, 0.2) is 41.0 Å². The van der Waals surface area contributed by atoms with E-state index in [9.17, 15) is 9.59 Å². The smallest absolute Gasteiger partial charge is 0.336 e. The summed E-state index contributed by atoms with van der Waals surface area (Å²) in [5, 5.41) is 11.8. The molecule has 0 aliphatic heterocycles. The fourth-order valence-corrected chi connectivity index (χ4v) is 2.64. The van der Waals surface area contributed by atoms with Gasteiger partial charge in [-0.2, -0.15) is 0 Å². The van der Waals surface area contributed by atoms with E-state index >= 15 is 0 Å². The minimum absolute atomic E-state index is 0.116. The molecule has 1 aromatic heterocycles. The molecule has 1 saturated carbocycles. The number of nitrogens with one attached hydrogen (secondary N) is 1. The maximum atomic E-state index is 12.3. The van der Waals surface area contributed by atoms with Crippen molar-refractivity contribution in [2.45, 2.75) is 18.9 Å². The molecule has 1 fully saturated rings. The summed E-state index contributed by atoms with van der Waals surface area (Å²) >= 11 is 3.18. The van der Waals surface area contributed by atoms with E-state index in [1.165, 1.54) is 6.07 Å². The molecule has 0 saturated heterocycles. The van der Waals surface area contributed by atoms with Crippen molar-refractivity contribution in [2.75, 3.05) is 5.32 Å². The van der Waals surface area contributed by atoms with E-state index in [0.717, 1.165) is 12.8 Å². The lowest BCUT2D eigenvalue weighted by Gasteiger charge is -2.10. The summed E-state index contributed by atoms with van der Waals surface area (Å²) in [4.78, 5) is 23.4. The molecule has 0 spiro atoms. The van der Waals surface area contributed by atoms with Gasteiger partial charge in [-0.1, -0.05) is 0 Å². The normalized spacial score (nSPS) is 14.0. The predicted octanol–water partition coefficient (Wildman–Crippen LogP) is 3.54. The second kappa shape index (κ2) is 5.37. The zero-order chi connectivity index (χ0) is 15.0. The van der Waals surface area contributed by atoms with Gasteiger partial charge in [-0.25, -0.2) is 4.79 Å². The number of benzene rings is 1. The zero-order valence-corrected chi connectivity index (χ0v) is 12.6. The van der Waals surface area contributed by atoms with E-state index in [2.05, 4.69) is 21.2 Å². The number of carboxylic acids is 1. The van der Waals surface area contributed by atoms with Gasteiger partial charge in [0.2, 0.25) is 0 Å². The number of rotatable bonds is 4. The van der Waals surface area contributed by atoms with Gasteiger partial charge in [0.25, 0.3) is 5.91 Å². The molecule has 0 bridgehead atoms. The number of hydrogen-bond acceptors (Lipinski definition) is 2. The number of aromatic carboxylic acids is 1. The molecule has 2 aromatic rings. The lowest BCUT2D eigenvalue weighted by molar-refractivity contribution is 0.0695. The van der Waals surface area contributed by atoms with Gasteiger partial charge >= 0.3 is 5.97 Å². The summed E-state index contributed by atoms with van der Waals surface area (Å²) in [6, 6.07) is 8.74. The van der Waals surface area contributed by atoms with Crippen molar-refractivity contribution >= 4 is 33.5 Å². The SMILES string of the molecule is O=C(O)c1cc(NC(=O)c2cccn2C2CC2)ccc1Br. The van der Waals surface area contributed by atoms with Gasteiger partial charge in [0.05, 0.1) is 5.56 Å². The van der Waals surface area contributed by atoms with Crippen LogP contribution in [0.4, 0.5) is 5.69 Å². The number of carbonyl (C=O) groups is 2. The van der Waals surface area contributed by atoms with Crippen LogP contribution >= 0.6 is 15.9 Å². The molecular formula is C15H13BrN2O3. The van der Waals surface area contributed by atoms with Crippen LogP contribution in [-0.2, 0) is 0 Å². The molecule has 1 amide bonds. The first kappa shape index (κ1) is 13.9. The molecule has 21 heavy (non-hydrogen) atoms. The van der Waals surface area contributed by atoms with Crippen LogP contribution in [-0.4, -0.2) is 21.6 Å². The molecular weight excluding hydrogens is 336 g/mol. The van der Waals surface area contributed by atoms with Crippen LogP contribution in [0, 0.1) is 0 Å². The second-order valence-electron chi connectivity index (χ2n) is 4.99. The number of carboxylic acid groups (broad SMARTS) is 1. The number of halogens is 1. The van der Waals surface area contributed by atoms with Crippen LogP contribution in [0.25, 0.3) is 0 Å². The molecule has 0 atom stereocenters. The molecule has 6 heteroatoms. The number of hydrogen-bond donors (Lipinski definition) is 2. The van der Waals surface area contributed by atoms with E-state index in [1.807, 2.05) is 16.8 Å². The number of amides is 1. The highest BCUT2D eigenvalue weighted by molar-refractivity contribution is 9.10. The quantitative estimate of drug-likeness (QED) is 0.887. The van der Waals surface area contributed by atoms with Gasteiger partial charge in [0, 0.05) is 22.4 Å². The Morgan fingerprint density at radius 2 is 2.05 bits per heavy atom. The minimum Gasteiger partial charge on any atom is -0.478 e. The predicted molar refractivity (Wildman–Crippen MR) is 81.8 cm³/mol. The number of nitrogens with zero attached hydrogens (tertiary/aromatic N) is 1. The Bertz CT molecular complexity index is 719. The van der Waals surface area contributed by atoms with E-state index in [4.69, 9.17) is 5.11 Å². The summed E-state index contributed by atoms with van der Waals surface area (Å²) in [5.41, 5.74) is 1.17. The van der Waals surface area contributed by atoms with Gasteiger partial charge in [0.1, 0.15) is 5.69 Å². The summed E-state index contributed by atoms with van der Waals surface area (Å²) in [5.74, 6) is -1.27. The van der Waals surface area contributed by atoms with Gasteiger partial charge in [-0.15, -0.1) is 0 Å². The lowest BCUT2D eigenvalue weighted by Crippen LogP contribution is -2.16. The molecule has 1 aliphatic carbocycles. The molecule has 3 rings (SSSR count). The summed E-state index contributed by atoms with van der Waals surface area (Å²) in [7, 11) is 0. The van der Waals surface area contributed by atoms with Crippen LogP contribution in [0.3, 0.4) is 0 Å². The third-order valence-electron chi connectivity index (χ3n) is 3.41. The maximum absolute atomic E-state index is 12.3. The van der Waals surface area contributed by atoms with Gasteiger partial charge in [-0.3, -0.25) is 4.79 Å². The second-order valence-corrected chi connectivity index (χ2v) is 5.84. The molecule has 5 nitrogen and oxygen atoms in total. The Kier molecular flexibility index (Phi) is 3.55. The zero-order valence-electron chi connectivity index (χ0n) is 11.0. The van der Waals surface area contributed by atoms with E-state index in [0.29, 0.717) is 21.9 Å². The van der Waals surface area contributed by atoms with E-state index in [-0.39, 0.29) is 11.5 Å². The monoisotopic (exact) mass is 348 g/mol. The summed E-state index contributed by atoms with van der Waals surface area (Å²) in [6.45, 7) is 0. The Labute approximate surface area is 129 Å². The van der Waals surface area contributed by atoms with Gasteiger partial charge < -0.3 is 15.0 Å². The van der Waals surface area contributed by atoms with Crippen LogP contribution in [0.2, 0.25) is 0 Å². The Balaban J connectivity index is 1.83. The molecule has 1 aliphatic rings. The van der Waals surface area contributed by atoms with Crippen molar-refractivity contribution in [3.05, 3.63) is 52.3 Å². The van der Waals surface area contributed by atoms with Crippen LogP contribution < -0.4 is 5.32 Å². The lowest BCUT2D eigenvalue weighted by atomic mass is 10.2. The Hall–Kier alpha value is -2.08. The first-order valence-electron chi connectivity index (χ1n) is 6.57. The van der Waals surface area contributed by atoms with Gasteiger partial charge in [0.15, 0.2) is 0 Å². The standard InChI is InChI=1S/C15H13BrN2O3/c16-12-6-3-9(8-11(12)15(20)21)17-14(19)13-2-1-7-18(13)10-4-5-10/h1-3,6-8,10H,4-5H2,(H,17,19)(H,20,21). The average Bonchev–Trinajstić information content (AvgIpc) is 3.17. The molecule has 0 radical (unpaired) electrons. The first-order valence-corrected chi connectivity index (χ1v) is 7.36. The number of aromatic nitrogens is 1. The van der Waals surface area contributed by atoms with Crippen LogP contribution in [0.5, 0.6) is 0 Å². The largest absolute Gasteiger partial charge is 0.478 e. The van der Waals surface area contributed by atoms with Crippen molar-refractivity contribution in [1.82, 2.24) is 4.57 Å². The summed E-state index contributed by atoms with van der Waals surface area (Å²) < 4.78 is 2.45.